The number of nitrogens with zero attached hydrogens (tertiary/aromatic N) is 2. The van der Waals surface area contributed by atoms with Gasteiger partial charge in [-0.05, 0) is 18.2 Å². The van der Waals surface area contributed by atoms with Crippen LogP contribution in [0.3, 0.4) is 0 Å². The van der Waals surface area contributed by atoms with E-state index < -0.39 is 21.8 Å². The zero-order valence-electron chi connectivity index (χ0n) is 11.9. The number of carboxylic acids is 2. The summed E-state index contributed by atoms with van der Waals surface area (Å²) >= 11 is 0. The van der Waals surface area contributed by atoms with Crippen molar-refractivity contribution in [3.05, 3.63) is 79.9 Å². The third kappa shape index (κ3) is 5.18. The first kappa shape index (κ1) is 18.2. The van der Waals surface area contributed by atoms with Crippen LogP contribution in [0.4, 0.5) is 11.4 Å². The summed E-state index contributed by atoms with van der Waals surface area (Å²) in [5.41, 5.74) is -0.361. The second-order valence-corrected chi connectivity index (χ2v) is 4.22. The minimum Gasteiger partial charge on any atom is -0.478 e. The summed E-state index contributed by atoms with van der Waals surface area (Å²) in [5.74, 6) is -2.26. The highest BCUT2D eigenvalue weighted by molar-refractivity contribution is 5.88. The van der Waals surface area contributed by atoms with Crippen LogP contribution in [-0.4, -0.2) is 32.0 Å². The second-order valence-electron chi connectivity index (χ2n) is 4.22. The summed E-state index contributed by atoms with van der Waals surface area (Å²) in [6.07, 6.45) is 0. The van der Waals surface area contributed by atoms with E-state index in [9.17, 15) is 29.8 Å². The molecule has 0 heterocycles. The van der Waals surface area contributed by atoms with Crippen molar-refractivity contribution in [3.8, 4) is 0 Å². The van der Waals surface area contributed by atoms with E-state index in [2.05, 4.69) is 0 Å². The van der Waals surface area contributed by atoms with Crippen molar-refractivity contribution in [3.63, 3.8) is 0 Å². The average Bonchev–Trinajstić information content (AvgIpc) is 2.55. The molecule has 2 rings (SSSR count). The highest BCUT2D eigenvalue weighted by atomic mass is 16.6. The largest absolute Gasteiger partial charge is 0.478 e. The molecule has 0 aliphatic heterocycles. The molecule has 0 bridgehead atoms. The summed E-state index contributed by atoms with van der Waals surface area (Å²) in [4.78, 5) is 39.8. The number of hydrogen-bond acceptors (Lipinski definition) is 6. The van der Waals surface area contributed by atoms with Crippen LogP contribution in [0.25, 0.3) is 0 Å². The van der Waals surface area contributed by atoms with Gasteiger partial charge in [0.15, 0.2) is 0 Å². The number of nitro groups is 2. The maximum absolute atomic E-state index is 10.4. The van der Waals surface area contributed by atoms with Crippen LogP contribution >= 0.6 is 0 Å². The molecule has 0 aliphatic rings. The lowest BCUT2D eigenvalue weighted by molar-refractivity contribution is -0.385. The van der Waals surface area contributed by atoms with E-state index in [0.717, 1.165) is 18.2 Å². The quantitative estimate of drug-likeness (QED) is 0.636. The van der Waals surface area contributed by atoms with Crippen molar-refractivity contribution in [2.75, 3.05) is 0 Å². The molecule has 0 saturated carbocycles. The molecule has 0 radical (unpaired) electrons. The Balaban J connectivity index is 0.000000240. The van der Waals surface area contributed by atoms with Crippen molar-refractivity contribution >= 4 is 23.3 Å². The van der Waals surface area contributed by atoms with Gasteiger partial charge in [0.25, 0.3) is 11.4 Å². The lowest BCUT2D eigenvalue weighted by Crippen LogP contribution is -1.97. The zero-order valence-corrected chi connectivity index (χ0v) is 11.9. The van der Waals surface area contributed by atoms with E-state index in [0.29, 0.717) is 0 Å². The Morgan fingerprint density at radius 3 is 1.67 bits per heavy atom. The van der Waals surface area contributed by atoms with Gasteiger partial charge in [-0.3, -0.25) is 20.2 Å². The van der Waals surface area contributed by atoms with Gasteiger partial charge in [0.1, 0.15) is 0 Å². The van der Waals surface area contributed by atoms with Gasteiger partial charge in [0.05, 0.1) is 21.0 Å². The van der Waals surface area contributed by atoms with Crippen molar-refractivity contribution in [1.82, 2.24) is 0 Å². The predicted molar refractivity (Wildman–Crippen MR) is 80.1 cm³/mol. The molecule has 10 nitrogen and oxygen atoms in total. The molecule has 0 aliphatic carbocycles. The molecule has 10 heteroatoms. The van der Waals surface area contributed by atoms with Gasteiger partial charge in [-0.25, -0.2) is 9.59 Å². The van der Waals surface area contributed by atoms with E-state index in [4.69, 9.17) is 10.2 Å². The Bertz CT molecular complexity index is 723. The SMILES string of the molecule is O=C(O)c1ccc([N+](=O)[O-])cc1.O=C(O)c1cccc([N+](=O)[O-])c1. The van der Waals surface area contributed by atoms with Gasteiger partial charge in [-0.15, -0.1) is 0 Å². The third-order valence-electron chi connectivity index (χ3n) is 2.63. The molecule has 0 atom stereocenters. The molecule has 0 amide bonds. The van der Waals surface area contributed by atoms with Crippen molar-refractivity contribution in [2.24, 2.45) is 0 Å². The molecule has 0 spiro atoms. The Hall–Kier alpha value is -3.82. The lowest BCUT2D eigenvalue weighted by atomic mass is 10.2. The van der Waals surface area contributed by atoms with E-state index >= 15 is 0 Å². The van der Waals surface area contributed by atoms with Crippen LogP contribution in [-0.2, 0) is 0 Å². The first-order valence-corrected chi connectivity index (χ1v) is 6.18. The summed E-state index contributed by atoms with van der Waals surface area (Å²) in [5, 5.41) is 37.2. The van der Waals surface area contributed by atoms with E-state index in [1.54, 1.807) is 0 Å². The van der Waals surface area contributed by atoms with Crippen LogP contribution < -0.4 is 0 Å². The number of aromatic carboxylic acids is 2. The molecule has 124 valence electrons. The maximum atomic E-state index is 10.4. The highest BCUT2D eigenvalue weighted by Gasteiger charge is 2.09. The number of rotatable bonds is 4. The van der Waals surface area contributed by atoms with E-state index in [1.807, 2.05) is 0 Å². The standard InChI is InChI=1S/2C7H5NO4/c9-7(10)5-1-3-6(4-2-5)8(11)12;9-7(10)5-2-1-3-6(4-5)8(11)12/h2*1-4H,(H,9,10). The minimum atomic E-state index is -1.17. The molecule has 0 unspecified atom stereocenters. The Kier molecular flexibility index (Phi) is 6.06. The monoisotopic (exact) mass is 334 g/mol. The fraction of sp³-hybridized carbons (Fsp3) is 0. The Labute approximate surface area is 133 Å². The van der Waals surface area contributed by atoms with Gasteiger partial charge in [0.2, 0.25) is 0 Å². The minimum absolute atomic E-state index is 0.0422. The van der Waals surface area contributed by atoms with Gasteiger partial charge < -0.3 is 10.2 Å². The molecule has 2 N–H and O–H groups in total. The summed E-state index contributed by atoms with van der Waals surface area (Å²) in [6, 6.07) is 9.60. The summed E-state index contributed by atoms with van der Waals surface area (Å²) in [7, 11) is 0. The molecule has 0 saturated heterocycles. The fourth-order valence-electron chi connectivity index (χ4n) is 1.48. The van der Waals surface area contributed by atoms with Crippen LogP contribution in [0.5, 0.6) is 0 Å². The molecule has 0 fully saturated rings. The lowest BCUT2D eigenvalue weighted by Gasteiger charge is -1.92. The zero-order chi connectivity index (χ0) is 18.3. The fourth-order valence-corrected chi connectivity index (χ4v) is 1.48. The van der Waals surface area contributed by atoms with E-state index in [-0.39, 0.29) is 22.5 Å². The molecule has 0 aromatic heterocycles. The number of carboxylic acid groups (broad SMARTS) is 2. The number of non-ortho nitro benzene ring substituents is 2. The normalized spacial score (nSPS) is 9.33. The van der Waals surface area contributed by atoms with Crippen molar-refractivity contribution < 1.29 is 29.6 Å². The second kappa shape index (κ2) is 7.98. The Morgan fingerprint density at radius 1 is 0.750 bits per heavy atom. The first-order chi connectivity index (χ1) is 11.2. The molecule has 24 heavy (non-hydrogen) atoms. The van der Waals surface area contributed by atoms with Crippen LogP contribution in [0, 0.1) is 20.2 Å². The molecule has 2 aromatic carbocycles. The van der Waals surface area contributed by atoms with Gasteiger partial charge in [-0.1, -0.05) is 6.07 Å². The van der Waals surface area contributed by atoms with Gasteiger partial charge in [-0.2, -0.15) is 0 Å². The maximum Gasteiger partial charge on any atom is 0.335 e. The van der Waals surface area contributed by atoms with Crippen LogP contribution in [0.2, 0.25) is 0 Å². The number of benzene rings is 2. The third-order valence-corrected chi connectivity index (χ3v) is 2.63. The van der Waals surface area contributed by atoms with Gasteiger partial charge in [0, 0.05) is 24.3 Å². The molecular formula is C14H10N2O8. The number of nitro benzene ring substituents is 2. The van der Waals surface area contributed by atoms with Crippen molar-refractivity contribution in [2.45, 2.75) is 0 Å². The highest BCUT2D eigenvalue weighted by Crippen LogP contribution is 2.12. The predicted octanol–water partition coefficient (Wildman–Crippen LogP) is 2.59. The number of hydrogen-bond donors (Lipinski definition) is 2. The number of carbonyl (C=O) groups is 2. The summed E-state index contributed by atoms with van der Waals surface area (Å²) < 4.78 is 0. The van der Waals surface area contributed by atoms with Crippen LogP contribution in [0.15, 0.2) is 48.5 Å². The first-order valence-electron chi connectivity index (χ1n) is 6.18. The smallest absolute Gasteiger partial charge is 0.335 e. The van der Waals surface area contributed by atoms with E-state index in [1.165, 1.54) is 30.3 Å². The van der Waals surface area contributed by atoms with Crippen molar-refractivity contribution in [1.29, 1.82) is 0 Å². The Morgan fingerprint density at radius 2 is 1.25 bits per heavy atom. The van der Waals surface area contributed by atoms with Gasteiger partial charge >= 0.3 is 11.9 Å². The average molecular weight is 334 g/mol. The van der Waals surface area contributed by atoms with Crippen LogP contribution in [0.1, 0.15) is 20.7 Å². The molecular weight excluding hydrogens is 324 g/mol. The topological polar surface area (TPSA) is 161 Å². The molecule has 2 aromatic rings. The summed E-state index contributed by atoms with van der Waals surface area (Å²) in [6.45, 7) is 0.